The van der Waals surface area contributed by atoms with Crippen molar-refractivity contribution in [3.05, 3.63) is 30.8 Å². The van der Waals surface area contributed by atoms with Crippen molar-refractivity contribution in [2.75, 3.05) is 0 Å². The SMILES string of the molecule is O=[N+]([O-])c1cc(S(=O)(=O)Cl)cc(Cl)c1I. The van der Waals surface area contributed by atoms with Crippen molar-refractivity contribution in [2.24, 2.45) is 0 Å². The molecular formula is C6H2Cl2INO4S. The fourth-order valence-electron chi connectivity index (χ4n) is 0.824. The number of nitrogens with zero attached hydrogens (tertiary/aromatic N) is 1. The Kier molecular flexibility index (Phi) is 3.80. The Bertz CT molecular complexity index is 530. The molecule has 0 aliphatic heterocycles. The number of benzene rings is 1. The van der Waals surface area contributed by atoms with E-state index in [0.717, 1.165) is 12.1 Å². The van der Waals surface area contributed by atoms with Crippen LogP contribution in [0.15, 0.2) is 17.0 Å². The molecule has 0 unspecified atom stereocenters. The van der Waals surface area contributed by atoms with Gasteiger partial charge in [-0.25, -0.2) is 8.42 Å². The molecule has 0 aliphatic rings. The van der Waals surface area contributed by atoms with Gasteiger partial charge in [0, 0.05) is 16.7 Å². The lowest BCUT2D eigenvalue weighted by Crippen LogP contribution is -1.97. The average molecular weight is 382 g/mol. The number of halogens is 3. The highest BCUT2D eigenvalue weighted by atomic mass is 127. The van der Waals surface area contributed by atoms with E-state index in [2.05, 4.69) is 0 Å². The van der Waals surface area contributed by atoms with Crippen molar-refractivity contribution < 1.29 is 13.3 Å². The predicted molar refractivity (Wildman–Crippen MR) is 63.9 cm³/mol. The number of nitro benzene ring substituents is 1. The molecule has 0 atom stereocenters. The van der Waals surface area contributed by atoms with Crippen LogP contribution in [0.3, 0.4) is 0 Å². The molecule has 0 saturated carbocycles. The summed E-state index contributed by atoms with van der Waals surface area (Å²) in [6, 6.07) is 1.94. The Balaban J connectivity index is 3.57. The van der Waals surface area contributed by atoms with Crippen LogP contribution in [0, 0.1) is 13.7 Å². The van der Waals surface area contributed by atoms with Crippen molar-refractivity contribution >= 4 is 59.6 Å². The Morgan fingerprint density at radius 2 is 1.93 bits per heavy atom. The number of rotatable bonds is 2. The zero-order chi connectivity index (χ0) is 11.8. The lowest BCUT2D eigenvalue weighted by Gasteiger charge is -2.01. The number of hydrogen-bond donors (Lipinski definition) is 0. The molecule has 15 heavy (non-hydrogen) atoms. The molecule has 9 heteroatoms. The highest BCUT2D eigenvalue weighted by molar-refractivity contribution is 14.1. The summed E-state index contributed by atoms with van der Waals surface area (Å²) in [5.74, 6) is 0. The van der Waals surface area contributed by atoms with Gasteiger partial charge in [-0.15, -0.1) is 0 Å². The van der Waals surface area contributed by atoms with Crippen molar-refractivity contribution in [3.8, 4) is 0 Å². The minimum atomic E-state index is -4.02. The van der Waals surface area contributed by atoms with Crippen LogP contribution >= 0.6 is 44.9 Å². The third-order valence-corrected chi connectivity index (χ3v) is 4.54. The highest BCUT2D eigenvalue weighted by Gasteiger charge is 2.21. The van der Waals surface area contributed by atoms with E-state index in [9.17, 15) is 18.5 Å². The number of hydrogen-bond acceptors (Lipinski definition) is 4. The number of nitro groups is 1. The van der Waals surface area contributed by atoms with Crippen LogP contribution in [0.25, 0.3) is 0 Å². The molecule has 1 aromatic rings. The summed E-state index contributed by atoms with van der Waals surface area (Å²) >= 11 is 7.29. The molecule has 0 aliphatic carbocycles. The van der Waals surface area contributed by atoms with Gasteiger partial charge >= 0.3 is 0 Å². The Morgan fingerprint density at radius 1 is 1.40 bits per heavy atom. The fraction of sp³-hybridized carbons (Fsp3) is 0. The predicted octanol–water partition coefficient (Wildman–Crippen LogP) is 2.78. The van der Waals surface area contributed by atoms with Crippen molar-refractivity contribution in [3.63, 3.8) is 0 Å². The van der Waals surface area contributed by atoms with E-state index in [0.29, 0.717) is 0 Å². The van der Waals surface area contributed by atoms with Gasteiger partial charge in [-0.05, 0) is 28.7 Å². The van der Waals surface area contributed by atoms with Gasteiger partial charge in [0.05, 0.1) is 14.8 Å². The highest BCUT2D eigenvalue weighted by Crippen LogP contribution is 2.32. The monoisotopic (exact) mass is 381 g/mol. The van der Waals surface area contributed by atoms with Gasteiger partial charge in [0.25, 0.3) is 14.7 Å². The standard InChI is InChI=1S/C6H2Cl2INO4S/c7-4-1-3(15(8,13)14)2-5(6(4)9)10(11)12/h1-2H. The van der Waals surface area contributed by atoms with E-state index in [1.807, 2.05) is 0 Å². The van der Waals surface area contributed by atoms with E-state index in [1.165, 1.54) is 0 Å². The summed E-state index contributed by atoms with van der Waals surface area (Å²) in [6.45, 7) is 0. The first-order valence-corrected chi connectivity index (χ1v) is 7.08. The first-order chi connectivity index (χ1) is 6.73. The first kappa shape index (κ1) is 12.9. The molecule has 82 valence electrons. The van der Waals surface area contributed by atoms with E-state index in [1.54, 1.807) is 22.6 Å². The maximum absolute atomic E-state index is 11.0. The molecule has 5 nitrogen and oxygen atoms in total. The Hall–Kier alpha value is -0.120. The molecule has 0 amide bonds. The Labute approximate surface area is 108 Å². The molecule has 1 rings (SSSR count). The summed E-state index contributed by atoms with van der Waals surface area (Å²) in [6.07, 6.45) is 0. The second-order valence-corrected chi connectivity index (χ2v) is 6.49. The molecule has 0 heterocycles. The summed E-state index contributed by atoms with van der Waals surface area (Å²) in [5, 5.41) is 10.5. The summed E-state index contributed by atoms with van der Waals surface area (Å²) < 4.78 is 22.1. The van der Waals surface area contributed by atoms with E-state index in [-0.39, 0.29) is 19.2 Å². The van der Waals surface area contributed by atoms with Gasteiger partial charge in [0.2, 0.25) is 0 Å². The van der Waals surface area contributed by atoms with E-state index >= 15 is 0 Å². The molecule has 0 fully saturated rings. The zero-order valence-corrected chi connectivity index (χ0v) is 11.3. The lowest BCUT2D eigenvalue weighted by molar-refractivity contribution is -0.386. The Morgan fingerprint density at radius 3 is 2.33 bits per heavy atom. The average Bonchev–Trinajstić information content (AvgIpc) is 2.06. The summed E-state index contributed by atoms with van der Waals surface area (Å²) in [5.41, 5.74) is -0.387. The van der Waals surface area contributed by atoms with Crippen LogP contribution in [0.5, 0.6) is 0 Å². The van der Waals surface area contributed by atoms with Gasteiger partial charge in [-0.3, -0.25) is 10.1 Å². The second kappa shape index (κ2) is 4.40. The van der Waals surface area contributed by atoms with Gasteiger partial charge in [-0.2, -0.15) is 0 Å². The molecule has 0 aromatic heterocycles. The molecular weight excluding hydrogens is 380 g/mol. The van der Waals surface area contributed by atoms with Crippen LogP contribution in [0.1, 0.15) is 0 Å². The van der Waals surface area contributed by atoms with E-state index < -0.39 is 14.0 Å². The third kappa shape index (κ3) is 2.92. The largest absolute Gasteiger partial charge is 0.285 e. The van der Waals surface area contributed by atoms with Crippen LogP contribution in [0.2, 0.25) is 5.02 Å². The third-order valence-electron chi connectivity index (χ3n) is 1.46. The zero-order valence-electron chi connectivity index (χ0n) is 6.78. The first-order valence-electron chi connectivity index (χ1n) is 3.31. The van der Waals surface area contributed by atoms with Crippen LogP contribution in [0.4, 0.5) is 5.69 Å². The van der Waals surface area contributed by atoms with Gasteiger partial charge < -0.3 is 0 Å². The lowest BCUT2D eigenvalue weighted by atomic mass is 10.3. The van der Waals surface area contributed by atoms with Crippen molar-refractivity contribution in [1.82, 2.24) is 0 Å². The van der Waals surface area contributed by atoms with Crippen LogP contribution in [-0.2, 0) is 9.05 Å². The minimum Gasteiger partial charge on any atom is -0.258 e. The molecule has 0 bridgehead atoms. The van der Waals surface area contributed by atoms with Gasteiger partial charge in [0.1, 0.15) is 3.57 Å². The minimum absolute atomic E-state index is 0.0241. The topological polar surface area (TPSA) is 77.3 Å². The van der Waals surface area contributed by atoms with Crippen LogP contribution < -0.4 is 0 Å². The van der Waals surface area contributed by atoms with Crippen molar-refractivity contribution in [1.29, 1.82) is 0 Å². The van der Waals surface area contributed by atoms with E-state index in [4.69, 9.17) is 22.3 Å². The second-order valence-electron chi connectivity index (χ2n) is 2.43. The molecule has 0 radical (unpaired) electrons. The molecule has 0 spiro atoms. The van der Waals surface area contributed by atoms with Crippen molar-refractivity contribution in [2.45, 2.75) is 4.90 Å². The molecule has 0 saturated heterocycles. The smallest absolute Gasteiger partial charge is 0.258 e. The van der Waals surface area contributed by atoms with Gasteiger partial charge in [0.15, 0.2) is 0 Å². The quantitative estimate of drug-likeness (QED) is 0.341. The maximum atomic E-state index is 11.0. The fourth-order valence-corrected chi connectivity index (χ4v) is 2.39. The van der Waals surface area contributed by atoms with Crippen LogP contribution in [-0.4, -0.2) is 13.3 Å². The molecule has 1 aromatic carbocycles. The maximum Gasteiger partial charge on any atom is 0.285 e. The summed E-state index contributed by atoms with van der Waals surface area (Å²) in [4.78, 5) is 9.45. The normalized spacial score (nSPS) is 11.4. The molecule has 0 N–H and O–H groups in total. The van der Waals surface area contributed by atoms with Gasteiger partial charge in [-0.1, -0.05) is 11.6 Å². The summed E-state index contributed by atoms with van der Waals surface area (Å²) in [7, 11) is 1.03.